The molecule has 0 spiro atoms. The number of aromatic nitrogens is 2. The summed E-state index contributed by atoms with van der Waals surface area (Å²) in [5, 5.41) is 8.41. The third-order valence-corrected chi connectivity index (χ3v) is 8.29. The Labute approximate surface area is 224 Å². The number of hydrogen-bond donors (Lipinski definition) is 0. The van der Waals surface area contributed by atoms with Crippen LogP contribution < -0.4 is 5.69 Å². The average molecular weight is 541 g/mol. The standard InChI is InChI=1S/C28H31F3N6O2/c1-34-17-32-33-26(34)25(19-5-3-6-19)20-7-4-8-21(12-20)36-15-24-23(28(29,30)31)11-18(14-37(24)27(36)38)13-35-10-9-22(35)16-39-2/h4,7-8,11-12,14-15,17,19,22,25H,3,5-6,9-10,13,16H2,1-2H3/q+1/t22-,25-/m1/s1. The molecule has 0 N–H and O–H groups in total. The predicted molar refractivity (Wildman–Crippen MR) is 139 cm³/mol. The van der Waals surface area contributed by atoms with Gasteiger partial charge in [0.1, 0.15) is 0 Å². The first kappa shape index (κ1) is 25.9. The molecule has 2 aromatic heterocycles. The van der Waals surface area contributed by atoms with Gasteiger partial charge in [-0.15, -0.1) is 0 Å². The fourth-order valence-corrected chi connectivity index (χ4v) is 5.91. The summed E-state index contributed by atoms with van der Waals surface area (Å²) in [6.45, 7) is 1.63. The number of imidazole rings is 1. The number of nitrogens with zero attached hydrogens (tertiary/aromatic N) is 6. The quantitative estimate of drug-likeness (QED) is 0.384. The number of alkyl halides is 3. The molecule has 0 amide bonds. The third kappa shape index (κ3) is 4.71. The van der Waals surface area contributed by atoms with Gasteiger partial charge in [-0.2, -0.15) is 13.2 Å². The van der Waals surface area contributed by atoms with E-state index in [4.69, 9.17) is 4.74 Å². The summed E-state index contributed by atoms with van der Waals surface area (Å²) in [5.41, 5.74) is 0.409. The Balaban J connectivity index is 1.40. The second-order valence-electron chi connectivity index (χ2n) is 10.7. The highest BCUT2D eigenvalue weighted by atomic mass is 19.4. The number of ether oxygens (including phenoxy) is 1. The van der Waals surface area contributed by atoms with Crippen LogP contribution in [0.15, 0.2) is 57.7 Å². The van der Waals surface area contributed by atoms with Gasteiger partial charge in [0.15, 0.2) is 0 Å². The number of likely N-dealkylation sites (N-methyl/N-ethyl adjacent to an activating group) is 1. The van der Waals surface area contributed by atoms with Gasteiger partial charge in [-0.05, 0) is 59.6 Å². The molecular formula is C28H31F3N6O2+. The molecular weight excluding hydrogens is 509 g/mol. The number of hydrogen-bond acceptors (Lipinski definition) is 5. The van der Waals surface area contributed by atoms with E-state index in [2.05, 4.69) is 15.1 Å². The second-order valence-corrected chi connectivity index (χ2v) is 10.7. The molecule has 1 aliphatic carbocycles. The molecule has 0 unspecified atom stereocenters. The van der Waals surface area contributed by atoms with Crippen LogP contribution in [0.4, 0.5) is 13.2 Å². The number of likely N-dealkylation sites (tertiary alicyclic amines) is 1. The van der Waals surface area contributed by atoms with Crippen molar-refractivity contribution in [1.82, 2.24) is 13.9 Å². The lowest BCUT2D eigenvalue weighted by Gasteiger charge is -2.40. The van der Waals surface area contributed by atoms with Gasteiger partial charge in [0, 0.05) is 38.6 Å². The van der Waals surface area contributed by atoms with Crippen LogP contribution in [-0.4, -0.2) is 58.1 Å². The molecule has 6 rings (SSSR count). The summed E-state index contributed by atoms with van der Waals surface area (Å²) in [4.78, 5) is 15.6. The van der Waals surface area contributed by atoms with Crippen LogP contribution in [0, 0.1) is 12.1 Å². The highest BCUT2D eigenvalue weighted by Gasteiger charge is 2.42. The van der Waals surface area contributed by atoms with Gasteiger partial charge < -0.3 is 4.74 Å². The Hall–Kier alpha value is -3.31. The Morgan fingerprint density at radius 3 is 2.62 bits per heavy atom. The summed E-state index contributed by atoms with van der Waals surface area (Å²) >= 11 is 0. The number of pyridine rings is 1. The largest absolute Gasteiger partial charge is 0.418 e. The number of methoxy groups -OCH3 is 1. The van der Waals surface area contributed by atoms with Crippen LogP contribution in [0.3, 0.4) is 0 Å². The van der Waals surface area contributed by atoms with Crippen LogP contribution in [0.5, 0.6) is 0 Å². The molecule has 3 aliphatic rings. The van der Waals surface area contributed by atoms with Crippen molar-refractivity contribution in [3.63, 3.8) is 0 Å². The molecule has 11 heteroatoms. The molecule has 8 nitrogen and oxygen atoms in total. The Kier molecular flexibility index (Phi) is 6.66. The minimum absolute atomic E-state index is 0.00663. The summed E-state index contributed by atoms with van der Waals surface area (Å²) < 4.78 is 52.2. The number of azo groups is 1. The molecule has 2 atom stereocenters. The molecule has 4 heterocycles. The number of rotatable bonds is 8. The molecule has 1 aromatic carbocycles. The maximum atomic E-state index is 14.2. The van der Waals surface area contributed by atoms with Gasteiger partial charge >= 0.3 is 24.4 Å². The fraction of sp³-hybridized carbons (Fsp3) is 0.464. The Bertz CT molecular complexity index is 1500. The van der Waals surface area contributed by atoms with Gasteiger partial charge in [0.25, 0.3) is 0 Å². The van der Waals surface area contributed by atoms with E-state index in [1.165, 1.54) is 23.0 Å². The minimum atomic E-state index is -4.61. The normalized spacial score (nSPS) is 21.3. The average Bonchev–Trinajstić information content (AvgIpc) is 3.44. The molecule has 1 saturated heterocycles. The monoisotopic (exact) mass is 540 g/mol. The zero-order valence-corrected chi connectivity index (χ0v) is 21.9. The topological polar surface area (TPSA) is 66.6 Å². The van der Waals surface area contributed by atoms with Crippen molar-refractivity contribution >= 4 is 11.9 Å². The third-order valence-electron chi connectivity index (χ3n) is 8.29. The van der Waals surface area contributed by atoms with E-state index >= 15 is 0 Å². The maximum Gasteiger partial charge on any atom is 0.418 e. The smallest absolute Gasteiger partial charge is 0.383 e. The zero-order valence-electron chi connectivity index (χ0n) is 21.9. The number of fused-ring (bicyclic) bond motifs is 1. The lowest BCUT2D eigenvalue weighted by Crippen LogP contribution is -2.49. The predicted octanol–water partition coefficient (Wildman–Crippen LogP) is 4.84. The van der Waals surface area contributed by atoms with E-state index in [0.717, 1.165) is 48.4 Å². The molecule has 39 heavy (non-hydrogen) atoms. The number of halogens is 3. The maximum absolute atomic E-state index is 14.2. The van der Waals surface area contributed by atoms with Crippen molar-refractivity contribution in [2.75, 3.05) is 27.3 Å². The van der Waals surface area contributed by atoms with E-state index in [-0.39, 0.29) is 17.5 Å². The lowest BCUT2D eigenvalue weighted by atomic mass is 9.71. The van der Waals surface area contributed by atoms with Crippen molar-refractivity contribution in [1.29, 1.82) is 0 Å². The molecule has 1 radical (unpaired) electrons. The van der Waals surface area contributed by atoms with Crippen LogP contribution in [0.1, 0.15) is 48.3 Å². The lowest BCUT2D eigenvalue weighted by molar-refractivity contribution is -0.480. The SMILES string of the molecule is COC[C@H]1CCN1Cc1cc(C(F)(F)F)c2cn(-c3cccc([C@H]([C]4N=NC=[N+]4C)C4CCC4)c3)c(=O)n2c1. The van der Waals surface area contributed by atoms with Crippen molar-refractivity contribution in [2.24, 2.45) is 16.1 Å². The summed E-state index contributed by atoms with van der Waals surface area (Å²) in [7, 11) is 3.52. The highest BCUT2D eigenvalue weighted by molar-refractivity contribution is 5.58. The van der Waals surface area contributed by atoms with E-state index in [9.17, 15) is 18.0 Å². The minimum Gasteiger partial charge on any atom is -0.383 e. The molecule has 2 aliphatic heterocycles. The van der Waals surface area contributed by atoms with Crippen molar-refractivity contribution in [3.05, 3.63) is 76.1 Å². The van der Waals surface area contributed by atoms with Gasteiger partial charge in [-0.25, -0.2) is 9.37 Å². The molecule has 2 fully saturated rings. The van der Waals surface area contributed by atoms with Crippen molar-refractivity contribution in [3.8, 4) is 5.69 Å². The van der Waals surface area contributed by atoms with E-state index in [1.54, 1.807) is 19.5 Å². The summed E-state index contributed by atoms with van der Waals surface area (Å²) in [6.07, 6.45) is 4.95. The van der Waals surface area contributed by atoms with Crippen LogP contribution in [0.2, 0.25) is 0 Å². The van der Waals surface area contributed by atoms with Gasteiger partial charge in [0.2, 0.25) is 0 Å². The molecule has 3 aromatic rings. The van der Waals surface area contributed by atoms with Gasteiger partial charge in [-0.1, -0.05) is 18.6 Å². The number of benzene rings is 1. The first-order valence-corrected chi connectivity index (χ1v) is 13.3. The van der Waals surface area contributed by atoms with Gasteiger partial charge in [-0.3, -0.25) is 13.9 Å². The van der Waals surface area contributed by atoms with Crippen LogP contribution >= 0.6 is 0 Å². The van der Waals surface area contributed by atoms with Gasteiger partial charge in [0.05, 0.1) is 41.5 Å². The molecule has 205 valence electrons. The van der Waals surface area contributed by atoms with E-state index in [1.807, 2.05) is 29.8 Å². The van der Waals surface area contributed by atoms with Crippen LogP contribution in [-0.2, 0) is 17.5 Å². The van der Waals surface area contributed by atoms with Crippen molar-refractivity contribution in [2.45, 2.75) is 50.4 Å². The van der Waals surface area contributed by atoms with Crippen molar-refractivity contribution < 1.29 is 22.5 Å². The summed E-state index contributed by atoms with van der Waals surface area (Å²) in [5.74, 6) is 0.392. The fourth-order valence-electron chi connectivity index (χ4n) is 5.91. The van der Waals surface area contributed by atoms with E-state index < -0.39 is 17.4 Å². The first-order chi connectivity index (χ1) is 18.7. The second kappa shape index (κ2) is 10.0. The molecule has 1 saturated carbocycles. The highest BCUT2D eigenvalue weighted by Crippen LogP contribution is 2.46. The first-order valence-electron chi connectivity index (χ1n) is 13.3. The Morgan fingerprint density at radius 1 is 1.18 bits per heavy atom. The van der Waals surface area contributed by atoms with E-state index in [0.29, 0.717) is 30.3 Å². The van der Waals surface area contributed by atoms with Crippen LogP contribution in [0.25, 0.3) is 11.2 Å². The summed E-state index contributed by atoms with van der Waals surface area (Å²) in [6, 6.07) is 8.81. The molecule has 0 bridgehead atoms. The zero-order chi connectivity index (χ0) is 27.3. The Morgan fingerprint density at radius 2 is 2.00 bits per heavy atom.